The number of fused-ring (bicyclic) bond motifs is 7. The van der Waals surface area contributed by atoms with Gasteiger partial charge in [-0.15, -0.1) is 0 Å². The van der Waals surface area contributed by atoms with Crippen LogP contribution >= 0.6 is 0 Å². The van der Waals surface area contributed by atoms with Crippen molar-refractivity contribution in [3.8, 4) is 51.1 Å². The van der Waals surface area contributed by atoms with Gasteiger partial charge >= 0.3 is 329 Å². The number of allylic oxidation sites excluding steroid dienone is 1. The Balaban J connectivity index is 0.926. The Morgan fingerprint density at radius 3 is 1.92 bits per heavy atom. The first-order valence-corrected chi connectivity index (χ1v) is 29.1. The average Bonchev–Trinajstić information content (AvgIpc) is 4.06. The first kappa shape index (κ1) is 41.9. The van der Waals surface area contributed by atoms with Crippen LogP contribution < -0.4 is 32.5 Å². The van der Waals surface area contributed by atoms with E-state index >= 15 is 0 Å². The molecule has 0 radical (unpaired) electrons. The van der Waals surface area contributed by atoms with Crippen molar-refractivity contribution in [1.29, 1.82) is 0 Å². The Morgan fingerprint density at radius 2 is 1.23 bits per heavy atom. The van der Waals surface area contributed by atoms with Gasteiger partial charge in [0, 0.05) is 0 Å². The molecule has 0 saturated carbocycles. The summed E-state index contributed by atoms with van der Waals surface area (Å²) in [5, 5.41) is 1.35. The molecule has 2 aromatic heterocycles. The molecule has 5 heterocycles. The van der Waals surface area contributed by atoms with Crippen molar-refractivity contribution in [2.45, 2.75) is 37.4 Å². The summed E-state index contributed by atoms with van der Waals surface area (Å²) in [4.78, 5) is 10.0. The van der Waals surface area contributed by atoms with Crippen LogP contribution in [0.4, 0.5) is 22.7 Å². The number of nitrogens with zero attached hydrogens (tertiary/aromatic N) is 4. The van der Waals surface area contributed by atoms with Crippen molar-refractivity contribution in [3.05, 3.63) is 229 Å². The summed E-state index contributed by atoms with van der Waals surface area (Å²) in [6.07, 6.45) is 7.70. The molecule has 71 heavy (non-hydrogen) atoms. The number of anilines is 4. The van der Waals surface area contributed by atoms with Crippen molar-refractivity contribution in [3.63, 3.8) is 0 Å². The second kappa shape index (κ2) is 16.0. The van der Waals surface area contributed by atoms with Crippen LogP contribution in [-0.2, 0) is 5.41 Å². The topological polar surface area (TPSA) is 42.8 Å². The molecule has 0 bridgehead atoms. The van der Waals surface area contributed by atoms with E-state index in [1.165, 1.54) is 63.3 Å². The Morgan fingerprint density at radius 1 is 0.592 bits per heavy atom. The van der Waals surface area contributed by atoms with Crippen LogP contribution in [0, 0.1) is 0 Å². The molecule has 342 valence electrons. The molecule has 14 rings (SSSR count). The summed E-state index contributed by atoms with van der Waals surface area (Å²) in [6.45, 7) is 7.43. The zero-order valence-corrected chi connectivity index (χ0v) is 42.0. The third-order valence-electron chi connectivity index (χ3n) is 15.3. The van der Waals surface area contributed by atoms with Crippen molar-refractivity contribution >= 4 is 66.2 Å². The molecule has 0 fully saturated rings. The summed E-state index contributed by atoms with van der Waals surface area (Å²) in [7, 11) is 0. The summed E-state index contributed by atoms with van der Waals surface area (Å²) >= 11 is -3.61. The Hall–Kier alpha value is -8.07. The minimum absolute atomic E-state index is 0.0438. The fraction of sp³-hybridized carbons (Fsp3) is 0.109. The van der Waals surface area contributed by atoms with E-state index in [2.05, 4.69) is 247 Å². The zero-order valence-electron chi connectivity index (χ0n) is 39.9. The number of para-hydroxylation sites is 5. The Bertz CT molecular complexity index is 3690. The summed E-state index contributed by atoms with van der Waals surface area (Å²) in [5.74, 6) is 4.49. The van der Waals surface area contributed by atoms with Crippen LogP contribution in [0.5, 0.6) is 23.0 Å². The van der Waals surface area contributed by atoms with Crippen LogP contribution in [0.1, 0.15) is 48.8 Å². The van der Waals surface area contributed by atoms with Crippen LogP contribution in [0.3, 0.4) is 0 Å². The molecule has 1 spiro atoms. The van der Waals surface area contributed by atoms with E-state index < -0.39 is 13.3 Å². The number of rotatable bonds is 7. The predicted octanol–water partition coefficient (Wildman–Crippen LogP) is 14.3. The third kappa shape index (κ3) is 6.37. The van der Waals surface area contributed by atoms with Crippen LogP contribution in [0.25, 0.3) is 45.1 Å². The molecule has 0 N–H and O–H groups in total. The van der Waals surface area contributed by atoms with E-state index in [-0.39, 0.29) is 5.41 Å². The number of pyridine rings is 1. The molecule has 1 aliphatic carbocycles. The molecule has 1 unspecified atom stereocenters. The van der Waals surface area contributed by atoms with Gasteiger partial charge < -0.3 is 0 Å². The van der Waals surface area contributed by atoms with Crippen LogP contribution in [-0.4, -0.2) is 29.5 Å². The molecule has 0 saturated heterocycles. The molecule has 1 atom stereocenters. The number of ether oxygens (including phenoxy) is 2. The van der Waals surface area contributed by atoms with Gasteiger partial charge in [0.25, 0.3) is 0 Å². The summed E-state index contributed by atoms with van der Waals surface area (Å²) in [5.41, 5.74) is 14.3. The summed E-state index contributed by atoms with van der Waals surface area (Å²) in [6, 6.07) is 72.5. The normalized spacial score (nSPS) is 15.7. The van der Waals surface area contributed by atoms with Gasteiger partial charge in [0.15, 0.2) is 0 Å². The third-order valence-corrected chi connectivity index (χ3v) is 26.5. The summed E-state index contributed by atoms with van der Waals surface area (Å²) < 4.78 is 21.0. The van der Waals surface area contributed by atoms with Gasteiger partial charge in [-0.2, -0.15) is 0 Å². The van der Waals surface area contributed by atoms with Gasteiger partial charge in [0.1, 0.15) is 0 Å². The number of hydrogen-bond donors (Lipinski definition) is 0. The van der Waals surface area contributed by atoms with Gasteiger partial charge in [-0.3, -0.25) is 0 Å². The molecular weight excluding hydrogens is 929 g/mol. The molecule has 8 aromatic carbocycles. The van der Waals surface area contributed by atoms with Gasteiger partial charge in [-0.25, -0.2) is 0 Å². The van der Waals surface area contributed by atoms with E-state index in [0.717, 1.165) is 57.8 Å². The van der Waals surface area contributed by atoms with Gasteiger partial charge in [0.05, 0.1) is 0 Å². The predicted molar refractivity (Wildman–Crippen MR) is 293 cm³/mol. The van der Waals surface area contributed by atoms with E-state index in [4.69, 9.17) is 14.5 Å². The molecular formula is C64H50GeN4O2. The average molecular weight is 980 g/mol. The van der Waals surface area contributed by atoms with Gasteiger partial charge in [0.2, 0.25) is 0 Å². The molecule has 7 heteroatoms. The molecule has 6 nitrogen and oxygen atoms in total. The number of benzene rings is 8. The van der Waals surface area contributed by atoms with Crippen LogP contribution in [0.15, 0.2) is 212 Å². The first-order valence-electron chi connectivity index (χ1n) is 24.7. The maximum absolute atomic E-state index is 7.29. The van der Waals surface area contributed by atoms with E-state index in [0.29, 0.717) is 11.4 Å². The monoisotopic (exact) mass is 980 g/mol. The SMILES string of the molecule is CC(C)(C)c1ccnc(-n2c3c4c5[c](cc(Oc6cccc(N7CN(c8c(-c9ccccc9)cccc8-c8ccccc8)c8ccccc87)c6)cc52)[Ge]2([c]5ccccc5Oc5cccc[c]52)[CH]4CC=C3)c1. The van der Waals surface area contributed by atoms with Crippen LogP contribution in [0.2, 0.25) is 0 Å². The second-order valence-corrected chi connectivity index (χ2v) is 28.5. The van der Waals surface area contributed by atoms with E-state index in [1.807, 2.05) is 6.20 Å². The fourth-order valence-electron chi connectivity index (χ4n) is 12.3. The zero-order chi connectivity index (χ0) is 47.4. The number of hydrogen-bond acceptors (Lipinski definition) is 5. The first-order chi connectivity index (χ1) is 34.8. The minimum atomic E-state index is -3.61. The van der Waals surface area contributed by atoms with Gasteiger partial charge in [-0.05, 0) is 11.1 Å². The molecule has 3 aliphatic heterocycles. The quantitative estimate of drug-likeness (QED) is 0.149. The maximum atomic E-state index is 7.29. The van der Waals surface area contributed by atoms with E-state index in [1.54, 1.807) is 0 Å². The van der Waals surface area contributed by atoms with Gasteiger partial charge in [-0.1, -0.05) is 78.9 Å². The molecule has 10 aromatic rings. The van der Waals surface area contributed by atoms with Crippen molar-refractivity contribution in [2.75, 3.05) is 16.5 Å². The van der Waals surface area contributed by atoms with Crippen molar-refractivity contribution in [2.24, 2.45) is 0 Å². The standard InChI is InChI=1S/C64H50GeN4O2/c1-64(2,3)44-35-36-66-60(37-44)69-56-32-18-29-52-61(56)62-53(65(52)50-27-10-14-33-58(50)71-59-34-15-11-28-51(59)65)39-47(40-57(62)69)70-46-24-16-23-45(38-46)67-41-68(55-31-13-12-30-54(55)67)63-48(42-19-6-4-7-20-42)25-17-26-49(63)43-21-8-5-9-22-43/h4-28,30-40,52H,29,41H2,1-3H3. The van der Waals surface area contributed by atoms with E-state index in [9.17, 15) is 0 Å². The molecule has 4 aliphatic rings. The van der Waals surface area contributed by atoms with Crippen molar-refractivity contribution < 1.29 is 9.47 Å². The molecule has 0 amide bonds. The Labute approximate surface area is 417 Å². The number of aromatic nitrogens is 2. The van der Waals surface area contributed by atoms with Crippen molar-refractivity contribution in [1.82, 2.24) is 9.55 Å². The fourth-order valence-corrected chi connectivity index (χ4v) is 24.9. The Kier molecular flexibility index (Phi) is 9.43. The second-order valence-electron chi connectivity index (χ2n) is 20.3.